The minimum atomic E-state index is -1.72. The predicted molar refractivity (Wildman–Crippen MR) is 98.5 cm³/mol. The lowest BCUT2D eigenvalue weighted by Crippen LogP contribution is -2.30. The van der Waals surface area contributed by atoms with E-state index in [9.17, 15) is 9.35 Å². The number of aryl methyl sites for hydroxylation is 2. The molecule has 1 N–H and O–H groups in total. The Kier molecular flexibility index (Phi) is 4.33. The molecule has 0 saturated carbocycles. The molecule has 4 rings (SSSR count). The summed E-state index contributed by atoms with van der Waals surface area (Å²) < 4.78 is 18.3. The van der Waals surface area contributed by atoms with Gasteiger partial charge in [-0.3, -0.25) is 4.79 Å². The maximum absolute atomic E-state index is 12.6. The van der Waals surface area contributed by atoms with Crippen molar-refractivity contribution in [2.45, 2.75) is 24.8 Å². The van der Waals surface area contributed by atoms with Gasteiger partial charge < -0.3 is 14.0 Å². The van der Waals surface area contributed by atoms with E-state index in [1.807, 2.05) is 32.3 Å². The number of hydrogen-bond acceptors (Lipinski definition) is 5. The zero-order chi connectivity index (χ0) is 18.3. The molecule has 9 heteroatoms. The highest BCUT2D eigenvalue weighted by molar-refractivity contribution is 7.90. The van der Waals surface area contributed by atoms with Crippen LogP contribution in [0.2, 0.25) is 0 Å². The van der Waals surface area contributed by atoms with Crippen molar-refractivity contribution in [1.29, 1.82) is 0 Å². The lowest BCUT2D eigenvalue weighted by molar-refractivity contribution is 0.0982. The molecule has 1 aliphatic rings. The number of fused-ring (bicyclic) bond motifs is 1. The normalized spacial score (nSPS) is 15.6. The fourth-order valence-electron chi connectivity index (χ4n) is 3.12. The Hall–Kier alpha value is -2.52. The highest BCUT2D eigenvalue weighted by atomic mass is 32.2. The number of imidazole rings is 1. The smallest absolute Gasteiger partial charge is 0.296 e. The standard InChI is InChI=1S/C17H20N6O2S/c1-12-19-16(11-21(12)2)26(25)20-17(24)14-10-18-23-8-5-13(9-15(14)23)22-6-3-4-7-22/h5,8-11H,3-4,6-7H2,1-2H3,(H,20,24). The molecule has 0 bridgehead atoms. The number of amides is 1. The van der Waals surface area contributed by atoms with Crippen molar-refractivity contribution in [3.05, 3.63) is 42.1 Å². The quantitative estimate of drug-likeness (QED) is 0.700. The van der Waals surface area contributed by atoms with Crippen LogP contribution < -0.4 is 9.62 Å². The summed E-state index contributed by atoms with van der Waals surface area (Å²) in [6.07, 6.45) is 7.35. The van der Waals surface area contributed by atoms with Crippen molar-refractivity contribution < 1.29 is 9.35 Å². The van der Waals surface area contributed by atoms with Gasteiger partial charge in [-0.25, -0.2) is 4.52 Å². The van der Waals surface area contributed by atoms with Gasteiger partial charge in [0.2, 0.25) is 0 Å². The summed E-state index contributed by atoms with van der Waals surface area (Å²) in [5, 5.41) is 4.55. The Morgan fingerprint density at radius 3 is 2.81 bits per heavy atom. The van der Waals surface area contributed by atoms with E-state index in [1.165, 1.54) is 19.0 Å². The number of nitrogens with one attached hydrogen (secondary N) is 1. The fourth-order valence-corrected chi connectivity index (χ4v) is 3.98. The Morgan fingerprint density at radius 1 is 1.35 bits per heavy atom. The summed E-state index contributed by atoms with van der Waals surface area (Å²) in [6, 6.07) is 3.96. The minimum absolute atomic E-state index is 0.326. The molecule has 0 aromatic carbocycles. The third-order valence-electron chi connectivity index (χ3n) is 4.68. The molecule has 0 radical (unpaired) electrons. The first-order valence-corrected chi connectivity index (χ1v) is 9.63. The summed E-state index contributed by atoms with van der Waals surface area (Å²) in [5.74, 6) is 0.300. The number of anilines is 1. The number of carbonyl (C=O) groups is 1. The van der Waals surface area contributed by atoms with Crippen molar-refractivity contribution in [2.24, 2.45) is 7.05 Å². The molecule has 26 heavy (non-hydrogen) atoms. The van der Waals surface area contributed by atoms with Gasteiger partial charge in [0.15, 0.2) is 0 Å². The van der Waals surface area contributed by atoms with Crippen molar-refractivity contribution in [3.63, 3.8) is 0 Å². The van der Waals surface area contributed by atoms with Gasteiger partial charge in [0, 0.05) is 32.0 Å². The molecular formula is C17H20N6O2S. The summed E-state index contributed by atoms with van der Waals surface area (Å²) in [5.41, 5.74) is 2.17. The van der Waals surface area contributed by atoms with Gasteiger partial charge in [-0.2, -0.15) is 14.8 Å². The van der Waals surface area contributed by atoms with Crippen LogP contribution in [-0.2, 0) is 18.4 Å². The van der Waals surface area contributed by atoms with Crippen LogP contribution in [0.4, 0.5) is 5.69 Å². The molecule has 1 unspecified atom stereocenters. The van der Waals surface area contributed by atoms with E-state index in [0.29, 0.717) is 16.1 Å². The average Bonchev–Trinajstić information content (AvgIpc) is 3.35. The van der Waals surface area contributed by atoms with Crippen LogP contribution in [0.15, 0.2) is 35.7 Å². The molecule has 1 fully saturated rings. The second-order valence-corrected chi connectivity index (χ2v) is 7.56. The molecule has 1 amide bonds. The fraction of sp³-hybridized carbons (Fsp3) is 0.353. The molecule has 4 heterocycles. The van der Waals surface area contributed by atoms with Crippen LogP contribution >= 0.6 is 0 Å². The molecule has 3 aromatic heterocycles. The molecule has 0 spiro atoms. The number of aromatic nitrogens is 4. The maximum Gasteiger partial charge on any atom is 0.296 e. The molecule has 1 saturated heterocycles. The number of pyridine rings is 1. The first kappa shape index (κ1) is 16.9. The number of hydrogen-bond donors (Lipinski definition) is 1. The molecule has 3 aromatic rings. The van der Waals surface area contributed by atoms with E-state index >= 15 is 0 Å². The zero-order valence-electron chi connectivity index (χ0n) is 14.7. The van der Waals surface area contributed by atoms with Gasteiger partial charge in [-0.05, 0) is 31.9 Å². The Morgan fingerprint density at radius 2 is 2.12 bits per heavy atom. The SMILES string of the molecule is Cc1nc([S+]([O-])NC(=O)c2cnn3ccc(N4CCCC4)cc23)cn1C. The third-order valence-corrected chi connectivity index (χ3v) is 5.63. The highest BCUT2D eigenvalue weighted by Crippen LogP contribution is 2.23. The first-order valence-electron chi connectivity index (χ1n) is 8.48. The lowest BCUT2D eigenvalue weighted by Gasteiger charge is -2.17. The van der Waals surface area contributed by atoms with Crippen LogP contribution in [0.3, 0.4) is 0 Å². The van der Waals surface area contributed by atoms with Gasteiger partial charge in [0.05, 0.1) is 23.5 Å². The average molecular weight is 372 g/mol. The van der Waals surface area contributed by atoms with Crippen molar-refractivity contribution in [1.82, 2.24) is 23.9 Å². The van der Waals surface area contributed by atoms with E-state index < -0.39 is 17.3 Å². The van der Waals surface area contributed by atoms with E-state index in [2.05, 4.69) is 19.7 Å². The predicted octanol–water partition coefficient (Wildman–Crippen LogP) is 1.43. The monoisotopic (exact) mass is 372 g/mol. The van der Waals surface area contributed by atoms with E-state index in [1.54, 1.807) is 15.3 Å². The van der Waals surface area contributed by atoms with Gasteiger partial charge in [-0.15, -0.1) is 0 Å². The number of carbonyl (C=O) groups excluding carboxylic acids is 1. The largest absolute Gasteiger partial charge is 0.586 e. The van der Waals surface area contributed by atoms with Crippen LogP contribution in [-0.4, -0.2) is 42.7 Å². The van der Waals surface area contributed by atoms with Crippen molar-refractivity contribution >= 4 is 28.5 Å². The van der Waals surface area contributed by atoms with Gasteiger partial charge >= 0.3 is 0 Å². The molecule has 1 aliphatic heterocycles. The topological polar surface area (TPSA) is 90.5 Å². The highest BCUT2D eigenvalue weighted by Gasteiger charge is 2.23. The second-order valence-electron chi connectivity index (χ2n) is 6.40. The lowest BCUT2D eigenvalue weighted by atomic mass is 10.2. The van der Waals surface area contributed by atoms with Crippen molar-refractivity contribution in [2.75, 3.05) is 18.0 Å². The minimum Gasteiger partial charge on any atom is -0.586 e. The molecule has 8 nitrogen and oxygen atoms in total. The first-order chi connectivity index (χ1) is 12.5. The Bertz CT molecular complexity index is 940. The van der Waals surface area contributed by atoms with E-state index in [0.717, 1.165) is 24.6 Å². The molecule has 136 valence electrons. The van der Waals surface area contributed by atoms with E-state index in [-0.39, 0.29) is 0 Å². The van der Waals surface area contributed by atoms with Crippen LogP contribution in [0, 0.1) is 6.92 Å². The van der Waals surface area contributed by atoms with Crippen LogP contribution in [0.5, 0.6) is 0 Å². The molecular weight excluding hydrogens is 352 g/mol. The van der Waals surface area contributed by atoms with Gasteiger partial charge in [0.1, 0.15) is 17.2 Å². The number of nitrogens with zero attached hydrogens (tertiary/aromatic N) is 5. The van der Waals surface area contributed by atoms with E-state index in [4.69, 9.17) is 0 Å². The van der Waals surface area contributed by atoms with Gasteiger partial charge in [0.25, 0.3) is 10.9 Å². The van der Waals surface area contributed by atoms with Gasteiger partial charge in [-0.1, -0.05) is 0 Å². The Balaban J connectivity index is 1.58. The second kappa shape index (κ2) is 6.65. The maximum atomic E-state index is 12.6. The van der Waals surface area contributed by atoms with Crippen molar-refractivity contribution in [3.8, 4) is 0 Å². The molecule has 0 aliphatic carbocycles. The van der Waals surface area contributed by atoms with Crippen LogP contribution in [0.1, 0.15) is 29.0 Å². The third kappa shape index (κ3) is 3.04. The Labute approximate surface area is 154 Å². The summed E-state index contributed by atoms with van der Waals surface area (Å²) >= 11 is -1.72. The summed E-state index contributed by atoms with van der Waals surface area (Å²) in [6.45, 7) is 3.86. The zero-order valence-corrected chi connectivity index (χ0v) is 15.5. The molecule has 1 atom stereocenters. The number of rotatable bonds is 4. The van der Waals surface area contributed by atoms with Crippen LogP contribution in [0.25, 0.3) is 5.52 Å². The summed E-state index contributed by atoms with van der Waals surface area (Å²) in [4.78, 5) is 19.1. The summed E-state index contributed by atoms with van der Waals surface area (Å²) in [7, 11) is 1.82.